The smallest absolute Gasteiger partial charge is 0.101 e. The average molecular weight is 236 g/mol. The molecule has 1 saturated heterocycles. The predicted molar refractivity (Wildman–Crippen MR) is 65.3 cm³/mol. The van der Waals surface area contributed by atoms with Gasteiger partial charge < -0.3 is 5.32 Å². The second kappa shape index (κ2) is 3.94. The Morgan fingerprint density at radius 1 is 1.22 bits per heavy atom. The van der Waals surface area contributed by atoms with Gasteiger partial charge in [0.25, 0.3) is 0 Å². The summed E-state index contributed by atoms with van der Waals surface area (Å²) in [6, 6.07) is 6.85. The van der Waals surface area contributed by atoms with Crippen LogP contribution < -0.4 is 5.32 Å². The first-order chi connectivity index (χ1) is 8.75. The minimum Gasteiger partial charge on any atom is -0.304 e. The fourth-order valence-electron chi connectivity index (χ4n) is 2.90. The molecule has 2 atom stereocenters. The van der Waals surface area contributed by atoms with Gasteiger partial charge in [0.2, 0.25) is 0 Å². The highest BCUT2D eigenvalue weighted by Gasteiger charge is 2.43. The number of aromatic nitrogens is 1. The van der Waals surface area contributed by atoms with E-state index in [1.807, 2.05) is 0 Å². The summed E-state index contributed by atoms with van der Waals surface area (Å²) in [7, 11) is 0. The molecule has 0 spiro atoms. The zero-order valence-electron chi connectivity index (χ0n) is 9.80. The van der Waals surface area contributed by atoms with Gasteiger partial charge in [-0.3, -0.25) is 4.98 Å². The molecule has 1 aromatic rings. The van der Waals surface area contributed by atoms with Crippen molar-refractivity contribution in [2.75, 3.05) is 0 Å². The molecule has 2 unspecified atom stereocenters. The standard InChI is InChI=1S/C14H12N4/c15-6-10-3-11(8-17-7-10)14(9-16)4-12-1-2-13(5-14)18-12/h1-3,7-8,12-13,18H,4-5H2. The SMILES string of the molecule is N#Cc1cncc(C2(C#N)CC3C=CC(C2)N3)c1. The maximum Gasteiger partial charge on any atom is 0.101 e. The van der Waals surface area contributed by atoms with Crippen molar-refractivity contribution in [3.05, 3.63) is 41.7 Å². The second-order valence-electron chi connectivity index (χ2n) is 4.94. The van der Waals surface area contributed by atoms with E-state index in [-0.39, 0.29) is 12.1 Å². The minimum atomic E-state index is -0.524. The Labute approximate surface area is 106 Å². The van der Waals surface area contributed by atoms with Crippen molar-refractivity contribution in [3.63, 3.8) is 0 Å². The summed E-state index contributed by atoms with van der Waals surface area (Å²) in [5, 5.41) is 22.0. The molecule has 1 fully saturated rings. The lowest BCUT2D eigenvalue weighted by molar-refractivity contribution is 0.319. The van der Waals surface area contributed by atoms with Crippen LogP contribution in [0.1, 0.15) is 24.0 Å². The molecule has 0 aromatic carbocycles. The highest BCUT2D eigenvalue weighted by atomic mass is 15.0. The fraction of sp³-hybridized carbons (Fsp3) is 0.357. The monoisotopic (exact) mass is 236 g/mol. The summed E-state index contributed by atoms with van der Waals surface area (Å²) in [5.74, 6) is 0. The van der Waals surface area contributed by atoms with E-state index in [1.165, 1.54) is 6.20 Å². The zero-order chi connectivity index (χ0) is 12.6. The molecular weight excluding hydrogens is 224 g/mol. The Bertz CT molecular complexity index is 577. The number of piperidine rings is 1. The summed E-state index contributed by atoms with van der Waals surface area (Å²) >= 11 is 0. The lowest BCUT2D eigenvalue weighted by Crippen LogP contribution is -2.46. The Morgan fingerprint density at radius 3 is 2.56 bits per heavy atom. The third-order valence-electron chi connectivity index (χ3n) is 3.77. The van der Waals surface area contributed by atoms with Crippen molar-refractivity contribution in [1.29, 1.82) is 10.5 Å². The van der Waals surface area contributed by atoms with Crippen molar-refractivity contribution in [2.24, 2.45) is 0 Å². The number of nitrogens with one attached hydrogen (secondary N) is 1. The molecule has 0 aliphatic carbocycles. The Balaban J connectivity index is 2.02. The maximum atomic E-state index is 9.61. The van der Waals surface area contributed by atoms with Crippen LogP contribution >= 0.6 is 0 Å². The summed E-state index contributed by atoms with van der Waals surface area (Å²) < 4.78 is 0. The van der Waals surface area contributed by atoms with Gasteiger partial charge in [-0.25, -0.2) is 0 Å². The van der Waals surface area contributed by atoms with E-state index in [0.29, 0.717) is 5.56 Å². The van der Waals surface area contributed by atoms with Crippen LogP contribution in [0.3, 0.4) is 0 Å². The molecule has 4 nitrogen and oxygen atoms in total. The molecule has 0 saturated carbocycles. The van der Waals surface area contributed by atoms with E-state index in [9.17, 15) is 5.26 Å². The highest BCUT2D eigenvalue weighted by molar-refractivity contribution is 5.40. The first kappa shape index (κ1) is 11.0. The summed E-state index contributed by atoms with van der Waals surface area (Å²) in [5.41, 5.74) is 0.856. The molecular formula is C14H12N4. The number of hydrogen-bond acceptors (Lipinski definition) is 4. The van der Waals surface area contributed by atoms with Crippen LogP contribution in [0.15, 0.2) is 30.6 Å². The first-order valence-electron chi connectivity index (χ1n) is 5.97. The third kappa shape index (κ3) is 1.59. The van der Waals surface area contributed by atoms with Gasteiger partial charge in [-0.05, 0) is 24.5 Å². The van der Waals surface area contributed by atoms with Gasteiger partial charge in [0.05, 0.1) is 17.0 Å². The molecule has 0 radical (unpaired) electrons. The summed E-state index contributed by atoms with van der Waals surface area (Å²) in [6.07, 6.45) is 8.99. The molecule has 1 aromatic heterocycles. The molecule has 2 aliphatic heterocycles. The number of rotatable bonds is 1. The van der Waals surface area contributed by atoms with E-state index < -0.39 is 5.41 Å². The number of nitrogens with zero attached hydrogens (tertiary/aromatic N) is 3. The zero-order valence-corrected chi connectivity index (χ0v) is 9.80. The van der Waals surface area contributed by atoms with E-state index in [4.69, 9.17) is 5.26 Å². The van der Waals surface area contributed by atoms with Crippen LogP contribution in [0.5, 0.6) is 0 Å². The molecule has 3 rings (SSSR count). The average Bonchev–Trinajstić information content (AvgIpc) is 2.78. The van der Waals surface area contributed by atoms with Crippen LogP contribution in [-0.2, 0) is 5.41 Å². The van der Waals surface area contributed by atoms with E-state index >= 15 is 0 Å². The molecule has 3 heterocycles. The van der Waals surface area contributed by atoms with Gasteiger partial charge in [-0.15, -0.1) is 0 Å². The highest BCUT2D eigenvalue weighted by Crippen LogP contribution is 2.39. The molecule has 18 heavy (non-hydrogen) atoms. The quantitative estimate of drug-likeness (QED) is 0.748. The Kier molecular flexibility index (Phi) is 2.40. The molecule has 4 heteroatoms. The van der Waals surface area contributed by atoms with Crippen molar-refractivity contribution in [1.82, 2.24) is 10.3 Å². The van der Waals surface area contributed by atoms with Crippen molar-refractivity contribution < 1.29 is 0 Å². The molecule has 2 aliphatic rings. The van der Waals surface area contributed by atoms with Crippen molar-refractivity contribution >= 4 is 0 Å². The minimum absolute atomic E-state index is 0.258. The van der Waals surface area contributed by atoms with E-state index in [0.717, 1.165) is 18.4 Å². The lowest BCUT2D eigenvalue weighted by atomic mass is 9.72. The number of pyridine rings is 1. The molecule has 1 N–H and O–H groups in total. The van der Waals surface area contributed by atoms with E-state index in [2.05, 4.69) is 34.6 Å². The fourth-order valence-corrected chi connectivity index (χ4v) is 2.90. The number of fused-ring (bicyclic) bond motifs is 2. The van der Waals surface area contributed by atoms with E-state index in [1.54, 1.807) is 12.3 Å². The van der Waals surface area contributed by atoms with Crippen LogP contribution in [-0.4, -0.2) is 17.1 Å². The normalized spacial score (nSPS) is 32.8. The van der Waals surface area contributed by atoms with Gasteiger partial charge in [-0.1, -0.05) is 12.2 Å². The van der Waals surface area contributed by atoms with Gasteiger partial charge in [0.15, 0.2) is 0 Å². The van der Waals surface area contributed by atoms with Gasteiger partial charge in [0, 0.05) is 24.5 Å². The molecule has 2 bridgehead atoms. The Morgan fingerprint density at radius 2 is 1.94 bits per heavy atom. The van der Waals surface area contributed by atoms with Crippen LogP contribution in [0.25, 0.3) is 0 Å². The van der Waals surface area contributed by atoms with Gasteiger partial charge >= 0.3 is 0 Å². The first-order valence-corrected chi connectivity index (χ1v) is 5.97. The van der Waals surface area contributed by atoms with Crippen LogP contribution in [0.4, 0.5) is 0 Å². The summed E-state index contributed by atoms with van der Waals surface area (Å²) in [4.78, 5) is 4.08. The summed E-state index contributed by atoms with van der Waals surface area (Å²) in [6.45, 7) is 0. The van der Waals surface area contributed by atoms with Gasteiger partial charge in [0.1, 0.15) is 6.07 Å². The van der Waals surface area contributed by atoms with Crippen LogP contribution in [0.2, 0.25) is 0 Å². The number of hydrogen-bond donors (Lipinski definition) is 1. The Hall–Kier alpha value is -2.17. The third-order valence-corrected chi connectivity index (χ3v) is 3.77. The molecule has 88 valence electrons. The van der Waals surface area contributed by atoms with Crippen molar-refractivity contribution in [3.8, 4) is 12.1 Å². The molecule has 0 amide bonds. The second-order valence-corrected chi connectivity index (χ2v) is 4.94. The lowest BCUT2D eigenvalue weighted by Gasteiger charge is -2.36. The number of nitriles is 2. The topological polar surface area (TPSA) is 72.5 Å². The van der Waals surface area contributed by atoms with Gasteiger partial charge in [-0.2, -0.15) is 10.5 Å². The predicted octanol–water partition coefficient (Wildman–Crippen LogP) is 1.41. The largest absolute Gasteiger partial charge is 0.304 e. The van der Waals surface area contributed by atoms with Crippen molar-refractivity contribution in [2.45, 2.75) is 30.3 Å². The van der Waals surface area contributed by atoms with Crippen LogP contribution in [0, 0.1) is 22.7 Å². The maximum absolute atomic E-state index is 9.61.